The number of aromatic nitrogens is 4. The predicted octanol–water partition coefficient (Wildman–Crippen LogP) is 2.50. The van der Waals surface area contributed by atoms with Gasteiger partial charge < -0.3 is 18.9 Å². The van der Waals surface area contributed by atoms with Crippen molar-refractivity contribution < 1.29 is 18.9 Å². The molecule has 0 fully saturated rings. The van der Waals surface area contributed by atoms with Gasteiger partial charge in [-0.05, 0) is 24.3 Å². The monoisotopic (exact) mass is 356 g/mol. The zero-order valence-electron chi connectivity index (χ0n) is 15.1. The molecule has 0 radical (unpaired) electrons. The van der Waals surface area contributed by atoms with Gasteiger partial charge in [0.1, 0.15) is 6.61 Å². The summed E-state index contributed by atoms with van der Waals surface area (Å²) >= 11 is 0. The number of rotatable bonds is 7. The summed E-state index contributed by atoms with van der Waals surface area (Å²) in [7, 11) is 6.32. The summed E-state index contributed by atoms with van der Waals surface area (Å²) in [5, 5.41) is 4.54. The number of pyridine rings is 1. The summed E-state index contributed by atoms with van der Waals surface area (Å²) < 4.78 is 23.2. The van der Waals surface area contributed by atoms with E-state index in [0.29, 0.717) is 35.5 Å². The Labute approximate surface area is 151 Å². The van der Waals surface area contributed by atoms with Crippen LogP contribution in [0.2, 0.25) is 0 Å². The van der Waals surface area contributed by atoms with Crippen molar-refractivity contribution >= 4 is 0 Å². The van der Waals surface area contributed by atoms with E-state index in [4.69, 9.17) is 18.9 Å². The van der Waals surface area contributed by atoms with Gasteiger partial charge in [-0.3, -0.25) is 4.98 Å². The second-order valence-corrected chi connectivity index (χ2v) is 5.32. The van der Waals surface area contributed by atoms with Gasteiger partial charge in [-0.2, -0.15) is 0 Å². The molecule has 0 spiro atoms. The Bertz CT molecular complexity index is 855. The minimum atomic E-state index is 0.301. The molecular formula is C18H20N4O4. The Morgan fingerprint density at radius 3 is 2.12 bits per heavy atom. The van der Waals surface area contributed by atoms with Crippen molar-refractivity contribution in [1.82, 2.24) is 19.7 Å². The SMILES string of the molecule is COCc1nc(-c2cc(OC)c(OC)c(OC)c2)n(-c2ccncc2)n1. The van der Waals surface area contributed by atoms with E-state index in [1.54, 1.807) is 45.5 Å². The average molecular weight is 356 g/mol. The summed E-state index contributed by atoms with van der Waals surface area (Å²) in [6.45, 7) is 0.301. The molecule has 0 N–H and O–H groups in total. The lowest BCUT2D eigenvalue weighted by Crippen LogP contribution is -2.01. The smallest absolute Gasteiger partial charge is 0.203 e. The van der Waals surface area contributed by atoms with Crippen LogP contribution in [0.1, 0.15) is 5.82 Å². The van der Waals surface area contributed by atoms with Crippen molar-refractivity contribution in [3.8, 4) is 34.3 Å². The molecule has 0 bridgehead atoms. The van der Waals surface area contributed by atoms with Crippen LogP contribution in [0.25, 0.3) is 17.1 Å². The third-order valence-electron chi connectivity index (χ3n) is 3.75. The Morgan fingerprint density at radius 1 is 0.923 bits per heavy atom. The van der Waals surface area contributed by atoms with Gasteiger partial charge in [-0.25, -0.2) is 9.67 Å². The van der Waals surface area contributed by atoms with Gasteiger partial charge in [-0.15, -0.1) is 5.10 Å². The number of methoxy groups -OCH3 is 4. The quantitative estimate of drug-likeness (QED) is 0.643. The molecule has 0 aliphatic carbocycles. The number of hydrogen-bond donors (Lipinski definition) is 0. The van der Waals surface area contributed by atoms with Crippen LogP contribution in [-0.4, -0.2) is 48.2 Å². The molecule has 8 heteroatoms. The predicted molar refractivity (Wildman–Crippen MR) is 95.0 cm³/mol. The topological polar surface area (TPSA) is 80.5 Å². The normalized spacial score (nSPS) is 10.6. The summed E-state index contributed by atoms with van der Waals surface area (Å²) in [6.07, 6.45) is 3.40. The Hall–Kier alpha value is -3.13. The molecule has 8 nitrogen and oxygen atoms in total. The molecule has 3 rings (SSSR count). The average Bonchev–Trinajstić information content (AvgIpc) is 3.11. The maximum Gasteiger partial charge on any atom is 0.203 e. The molecule has 3 aromatic rings. The lowest BCUT2D eigenvalue weighted by Gasteiger charge is -2.14. The largest absolute Gasteiger partial charge is 0.493 e. The van der Waals surface area contributed by atoms with Gasteiger partial charge in [0.05, 0.1) is 27.0 Å². The zero-order chi connectivity index (χ0) is 18.5. The van der Waals surface area contributed by atoms with E-state index in [1.807, 2.05) is 24.3 Å². The fourth-order valence-electron chi connectivity index (χ4n) is 2.61. The minimum absolute atomic E-state index is 0.301. The first-order valence-corrected chi connectivity index (χ1v) is 7.87. The molecule has 0 aliphatic rings. The highest BCUT2D eigenvalue weighted by molar-refractivity contribution is 5.68. The van der Waals surface area contributed by atoms with E-state index < -0.39 is 0 Å². The van der Waals surface area contributed by atoms with Gasteiger partial charge in [0.25, 0.3) is 0 Å². The van der Waals surface area contributed by atoms with Crippen molar-refractivity contribution in [3.05, 3.63) is 42.5 Å². The Balaban J connectivity index is 2.20. The Kier molecular flexibility index (Phi) is 5.33. The van der Waals surface area contributed by atoms with Gasteiger partial charge >= 0.3 is 0 Å². The summed E-state index contributed by atoms with van der Waals surface area (Å²) in [5.41, 5.74) is 1.60. The molecule has 26 heavy (non-hydrogen) atoms. The van der Waals surface area contributed by atoms with E-state index in [2.05, 4.69) is 15.1 Å². The molecule has 2 heterocycles. The highest BCUT2D eigenvalue weighted by atomic mass is 16.5. The lowest BCUT2D eigenvalue weighted by molar-refractivity contribution is 0.178. The van der Waals surface area contributed by atoms with Gasteiger partial charge in [0, 0.05) is 25.1 Å². The number of hydrogen-bond acceptors (Lipinski definition) is 7. The standard InChI is InChI=1S/C18H20N4O4/c1-23-11-16-20-18(22(21-16)13-5-7-19-8-6-13)12-9-14(24-2)17(26-4)15(10-12)25-3/h5-10H,11H2,1-4H3. The van der Waals surface area contributed by atoms with Gasteiger partial charge in [-0.1, -0.05) is 0 Å². The molecule has 0 atom stereocenters. The van der Waals surface area contributed by atoms with E-state index >= 15 is 0 Å². The second-order valence-electron chi connectivity index (χ2n) is 5.32. The number of nitrogens with zero attached hydrogens (tertiary/aromatic N) is 4. The van der Waals surface area contributed by atoms with E-state index in [1.165, 1.54) is 0 Å². The van der Waals surface area contributed by atoms with Crippen molar-refractivity contribution in [2.75, 3.05) is 28.4 Å². The first-order chi connectivity index (χ1) is 12.7. The van der Waals surface area contributed by atoms with Crippen LogP contribution in [0.3, 0.4) is 0 Å². The molecular weight excluding hydrogens is 336 g/mol. The maximum atomic E-state index is 5.44. The minimum Gasteiger partial charge on any atom is -0.493 e. The fourth-order valence-corrected chi connectivity index (χ4v) is 2.61. The molecule has 0 saturated carbocycles. The van der Waals surface area contributed by atoms with Crippen molar-refractivity contribution in [1.29, 1.82) is 0 Å². The molecule has 1 aromatic carbocycles. The van der Waals surface area contributed by atoms with Crippen molar-refractivity contribution in [3.63, 3.8) is 0 Å². The van der Waals surface area contributed by atoms with E-state index in [-0.39, 0.29) is 0 Å². The molecule has 0 unspecified atom stereocenters. The number of benzene rings is 1. The van der Waals surface area contributed by atoms with Crippen molar-refractivity contribution in [2.24, 2.45) is 0 Å². The molecule has 2 aromatic heterocycles. The number of ether oxygens (including phenoxy) is 4. The van der Waals surface area contributed by atoms with Crippen LogP contribution in [-0.2, 0) is 11.3 Å². The third-order valence-corrected chi connectivity index (χ3v) is 3.75. The summed E-state index contributed by atoms with van der Waals surface area (Å²) in [6, 6.07) is 7.37. The van der Waals surface area contributed by atoms with E-state index in [0.717, 1.165) is 11.3 Å². The van der Waals surface area contributed by atoms with Gasteiger partial charge in [0.15, 0.2) is 23.1 Å². The summed E-state index contributed by atoms with van der Waals surface area (Å²) in [4.78, 5) is 8.66. The van der Waals surface area contributed by atoms with E-state index in [9.17, 15) is 0 Å². The third kappa shape index (κ3) is 3.31. The molecule has 136 valence electrons. The summed E-state index contributed by atoms with van der Waals surface area (Å²) in [5.74, 6) is 2.79. The molecule has 0 aliphatic heterocycles. The van der Waals surface area contributed by atoms with Crippen LogP contribution in [0.15, 0.2) is 36.7 Å². The fraction of sp³-hybridized carbons (Fsp3) is 0.278. The van der Waals surface area contributed by atoms with Crippen LogP contribution < -0.4 is 14.2 Å². The van der Waals surface area contributed by atoms with Gasteiger partial charge in [0.2, 0.25) is 5.75 Å². The Morgan fingerprint density at radius 2 is 1.58 bits per heavy atom. The van der Waals surface area contributed by atoms with Crippen LogP contribution >= 0.6 is 0 Å². The maximum absolute atomic E-state index is 5.44. The van der Waals surface area contributed by atoms with Crippen LogP contribution in [0.4, 0.5) is 0 Å². The van der Waals surface area contributed by atoms with Crippen LogP contribution in [0.5, 0.6) is 17.2 Å². The lowest BCUT2D eigenvalue weighted by atomic mass is 10.1. The molecule has 0 amide bonds. The van der Waals surface area contributed by atoms with Crippen molar-refractivity contribution in [2.45, 2.75) is 6.61 Å². The molecule has 0 saturated heterocycles. The second kappa shape index (κ2) is 7.83. The first-order valence-electron chi connectivity index (χ1n) is 7.87. The zero-order valence-corrected chi connectivity index (χ0v) is 15.1. The first kappa shape index (κ1) is 17.7. The van der Waals surface area contributed by atoms with Crippen LogP contribution in [0, 0.1) is 0 Å². The highest BCUT2D eigenvalue weighted by Crippen LogP contribution is 2.41. The highest BCUT2D eigenvalue weighted by Gasteiger charge is 2.19.